The van der Waals surface area contributed by atoms with E-state index in [-0.39, 0.29) is 5.41 Å². The summed E-state index contributed by atoms with van der Waals surface area (Å²) in [4.78, 5) is 12.1. The molecule has 0 saturated heterocycles. The number of amides is 2. The summed E-state index contributed by atoms with van der Waals surface area (Å²) >= 11 is 0. The summed E-state index contributed by atoms with van der Waals surface area (Å²) in [6.45, 7) is 7.84. The van der Waals surface area contributed by atoms with Crippen molar-refractivity contribution in [1.29, 1.82) is 0 Å². The van der Waals surface area contributed by atoms with E-state index in [0.717, 1.165) is 22.2 Å². The highest BCUT2D eigenvalue weighted by Crippen LogP contribution is 2.24. The molecule has 1 aromatic heterocycles. The standard InChI is InChI=1S/C28H30N4O2/c1-28(2,3)22-13-15-24(16-14-22)34-18-17-32-20-21(25-11-7-8-12-26(25)32)19-29-31-27(33)30-23-9-5-4-6-10-23/h4-16,19-20H,17-18H2,1-3H3,(H2,30,31,33). The molecule has 0 unspecified atom stereocenters. The molecule has 0 aliphatic rings. The number of nitrogens with one attached hydrogen (secondary N) is 2. The first-order valence-corrected chi connectivity index (χ1v) is 11.4. The molecule has 4 rings (SSSR count). The van der Waals surface area contributed by atoms with Crippen molar-refractivity contribution in [3.8, 4) is 5.75 Å². The van der Waals surface area contributed by atoms with Crippen LogP contribution in [0.4, 0.5) is 10.5 Å². The number of anilines is 1. The number of urea groups is 1. The maximum Gasteiger partial charge on any atom is 0.339 e. The number of fused-ring (bicyclic) bond motifs is 1. The monoisotopic (exact) mass is 454 g/mol. The van der Waals surface area contributed by atoms with Crippen LogP contribution in [0.1, 0.15) is 31.9 Å². The fraction of sp³-hybridized carbons (Fsp3) is 0.214. The van der Waals surface area contributed by atoms with Crippen molar-refractivity contribution in [3.05, 3.63) is 96.2 Å². The highest BCUT2D eigenvalue weighted by Gasteiger charge is 2.13. The Hall–Kier alpha value is -4.06. The van der Waals surface area contributed by atoms with E-state index >= 15 is 0 Å². The lowest BCUT2D eigenvalue weighted by Crippen LogP contribution is -2.24. The fourth-order valence-electron chi connectivity index (χ4n) is 3.72. The van der Waals surface area contributed by atoms with Gasteiger partial charge in [0, 0.05) is 28.4 Å². The molecule has 4 aromatic rings. The fourth-order valence-corrected chi connectivity index (χ4v) is 3.72. The Balaban J connectivity index is 1.38. The predicted molar refractivity (Wildman–Crippen MR) is 139 cm³/mol. The van der Waals surface area contributed by atoms with Crippen molar-refractivity contribution in [3.63, 3.8) is 0 Å². The molecule has 0 saturated carbocycles. The highest BCUT2D eigenvalue weighted by atomic mass is 16.5. The van der Waals surface area contributed by atoms with Crippen LogP contribution >= 0.6 is 0 Å². The lowest BCUT2D eigenvalue weighted by atomic mass is 9.87. The quantitative estimate of drug-likeness (QED) is 0.259. The average Bonchev–Trinajstić information content (AvgIpc) is 3.17. The number of para-hydroxylation sites is 2. The van der Waals surface area contributed by atoms with E-state index in [1.807, 2.05) is 66.9 Å². The first-order chi connectivity index (χ1) is 16.4. The molecule has 0 aliphatic heterocycles. The van der Waals surface area contributed by atoms with Crippen molar-refractivity contribution in [2.75, 3.05) is 11.9 Å². The van der Waals surface area contributed by atoms with Crippen LogP contribution in [0.5, 0.6) is 5.75 Å². The number of carbonyl (C=O) groups excluding carboxylic acids is 1. The van der Waals surface area contributed by atoms with Crippen molar-refractivity contribution in [2.24, 2.45) is 5.10 Å². The minimum atomic E-state index is -0.392. The van der Waals surface area contributed by atoms with Crippen molar-refractivity contribution in [1.82, 2.24) is 9.99 Å². The zero-order valence-electron chi connectivity index (χ0n) is 19.8. The van der Waals surface area contributed by atoms with Crippen LogP contribution in [-0.2, 0) is 12.0 Å². The van der Waals surface area contributed by atoms with Crippen LogP contribution < -0.4 is 15.5 Å². The molecule has 2 amide bonds. The Morgan fingerprint density at radius 3 is 2.41 bits per heavy atom. The van der Waals surface area contributed by atoms with Gasteiger partial charge in [-0.25, -0.2) is 10.2 Å². The van der Waals surface area contributed by atoms with Crippen LogP contribution in [-0.4, -0.2) is 23.4 Å². The topological polar surface area (TPSA) is 67.6 Å². The van der Waals surface area contributed by atoms with E-state index < -0.39 is 6.03 Å². The molecule has 0 radical (unpaired) electrons. The third-order valence-electron chi connectivity index (χ3n) is 5.54. The lowest BCUT2D eigenvalue weighted by Gasteiger charge is -2.19. The number of aromatic nitrogens is 1. The molecule has 0 bridgehead atoms. The van der Waals surface area contributed by atoms with Gasteiger partial charge in [-0.15, -0.1) is 0 Å². The number of hydrazone groups is 1. The summed E-state index contributed by atoms with van der Waals surface area (Å²) in [5.74, 6) is 0.861. The Morgan fingerprint density at radius 1 is 0.971 bits per heavy atom. The summed E-state index contributed by atoms with van der Waals surface area (Å²) in [5, 5.41) is 7.93. The van der Waals surface area contributed by atoms with Crippen LogP contribution in [0.15, 0.2) is 90.2 Å². The molecule has 34 heavy (non-hydrogen) atoms. The van der Waals surface area contributed by atoms with E-state index in [0.29, 0.717) is 18.8 Å². The first-order valence-electron chi connectivity index (χ1n) is 11.4. The molecular weight excluding hydrogens is 424 g/mol. The van der Waals surface area contributed by atoms with Gasteiger partial charge in [0.1, 0.15) is 12.4 Å². The SMILES string of the molecule is CC(C)(C)c1ccc(OCCn2cc(C=NNC(=O)Nc3ccccc3)c3ccccc32)cc1. The van der Waals surface area contributed by atoms with E-state index in [2.05, 4.69) is 59.4 Å². The number of nitrogens with zero attached hydrogens (tertiary/aromatic N) is 2. The van der Waals surface area contributed by atoms with E-state index in [4.69, 9.17) is 4.74 Å². The van der Waals surface area contributed by atoms with Gasteiger partial charge in [-0.2, -0.15) is 5.10 Å². The number of benzene rings is 3. The minimum absolute atomic E-state index is 0.123. The molecule has 6 heteroatoms. The number of hydrogen-bond acceptors (Lipinski definition) is 3. The maximum absolute atomic E-state index is 12.1. The second-order valence-corrected chi connectivity index (χ2v) is 9.11. The molecule has 2 N–H and O–H groups in total. The zero-order chi connectivity index (χ0) is 24.0. The van der Waals surface area contributed by atoms with Gasteiger partial charge in [0.2, 0.25) is 0 Å². The van der Waals surface area contributed by atoms with Crippen molar-refractivity contribution < 1.29 is 9.53 Å². The van der Waals surface area contributed by atoms with Gasteiger partial charge in [-0.05, 0) is 41.3 Å². The number of rotatable bonds is 7. The maximum atomic E-state index is 12.1. The van der Waals surface area contributed by atoms with Crippen LogP contribution in [0.25, 0.3) is 10.9 Å². The van der Waals surface area contributed by atoms with E-state index in [1.165, 1.54) is 5.56 Å². The Labute approximate surface area is 200 Å². The van der Waals surface area contributed by atoms with E-state index in [1.54, 1.807) is 6.21 Å². The van der Waals surface area contributed by atoms with Crippen molar-refractivity contribution >= 4 is 28.8 Å². The van der Waals surface area contributed by atoms with Gasteiger partial charge in [-0.1, -0.05) is 69.3 Å². The molecule has 0 fully saturated rings. The molecule has 6 nitrogen and oxygen atoms in total. The zero-order valence-corrected chi connectivity index (χ0v) is 19.8. The normalized spacial score (nSPS) is 11.6. The summed E-state index contributed by atoms with van der Waals surface area (Å²) in [7, 11) is 0. The summed E-state index contributed by atoms with van der Waals surface area (Å²) < 4.78 is 8.13. The van der Waals surface area contributed by atoms with Gasteiger partial charge in [0.15, 0.2) is 0 Å². The molecular formula is C28H30N4O2. The van der Waals surface area contributed by atoms with Gasteiger partial charge >= 0.3 is 6.03 Å². The summed E-state index contributed by atoms with van der Waals surface area (Å²) in [5.41, 5.74) is 6.64. The summed E-state index contributed by atoms with van der Waals surface area (Å²) in [6, 6.07) is 25.3. The molecule has 3 aromatic carbocycles. The third-order valence-corrected chi connectivity index (χ3v) is 5.54. The van der Waals surface area contributed by atoms with Crippen LogP contribution in [0.3, 0.4) is 0 Å². The minimum Gasteiger partial charge on any atom is -0.492 e. The van der Waals surface area contributed by atoms with Gasteiger partial charge in [0.25, 0.3) is 0 Å². The molecule has 0 atom stereocenters. The number of hydrogen-bond donors (Lipinski definition) is 2. The predicted octanol–water partition coefficient (Wildman–Crippen LogP) is 6.17. The molecule has 0 spiro atoms. The van der Waals surface area contributed by atoms with Gasteiger partial charge < -0.3 is 14.6 Å². The largest absolute Gasteiger partial charge is 0.492 e. The molecule has 0 aliphatic carbocycles. The average molecular weight is 455 g/mol. The second kappa shape index (κ2) is 10.3. The smallest absolute Gasteiger partial charge is 0.339 e. The van der Waals surface area contributed by atoms with Crippen molar-refractivity contribution in [2.45, 2.75) is 32.7 Å². The summed E-state index contributed by atoms with van der Waals surface area (Å²) in [6.07, 6.45) is 3.69. The first kappa shape index (κ1) is 23.1. The number of carbonyl (C=O) groups is 1. The third kappa shape index (κ3) is 5.84. The lowest BCUT2D eigenvalue weighted by molar-refractivity contribution is 0.252. The Kier molecular flexibility index (Phi) is 6.97. The van der Waals surface area contributed by atoms with Crippen LogP contribution in [0.2, 0.25) is 0 Å². The second-order valence-electron chi connectivity index (χ2n) is 9.11. The highest BCUT2D eigenvalue weighted by molar-refractivity contribution is 6.00. The Bertz CT molecular complexity index is 1270. The Morgan fingerprint density at radius 2 is 1.68 bits per heavy atom. The molecule has 1 heterocycles. The molecule has 174 valence electrons. The van der Waals surface area contributed by atoms with Gasteiger partial charge in [0.05, 0.1) is 12.8 Å². The number of ether oxygens (including phenoxy) is 1. The van der Waals surface area contributed by atoms with Crippen LogP contribution in [0, 0.1) is 0 Å². The van der Waals surface area contributed by atoms with E-state index in [9.17, 15) is 4.79 Å². The van der Waals surface area contributed by atoms with Gasteiger partial charge in [-0.3, -0.25) is 0 Å².